The van der Waals surface area contributed by atoms with Crippen LogP contribution in [-0.2, 0) is 9.47 Å². The van der Waals surface area contributed by atoms with Gasteiger partial charge in [-0.15, -0.1) is 0 Å². The maximum Gasteiger partial charge on any atom is 0.191 e. The first-order valence-electron chi connectivity index (χ1n) is 7.08. The van der Waals surface area contributed by atoms with Crippen LogP contribution in [0, 0.1) is 0 Å². The van der Waals surface area contributed by atoms with E-state index in [4.69, 9.17) is 9.47 Å². The van der Waals surface area contributed by atoms with E-state index in [9.17, 15) is 0 Å². The third kappa shape index (κ3) is 6.81. The van der Waals surface area contributed by atoms with E-state index < -0.39 is 0 Å². The van der Waals surface area contributed by atoms with Crippen LogP contribution < -0.4 is 10.6 Å². The molecule has 0 spiro atoms. The molecule has 5 nitrogen and oxygen atoms in total. The van der Waals surface area contributed by atoms with Crippen molar-refractivity contribution >= 4 is 5.96 Å². The van der Waals surface area contributed by atoms with E-state index in [1.807, 2.05) is 0 Å². The second-order valence-electron chi connectivity index (χ2n) is 4.33. The summed E-state index contributed by atoms with van der Waals surface area (Å²) in [7, 11) is 0. The van der Waals surface area contributed by atoms with Crippen molar-refractivity contribution in [2.75, 3.05) is 39.5 Å². The lowest BCUT2D eigenvalue weighted by Gasteiger charge is -2.22. The van der Waals surface area contributed by atoms with Crippen LogP contribution in [0.5, 0.6) is 0 Å². The number of guanidine groups is 1. The maximum atomic E-state index is 5.79. The van der Waals surface area contributed by atoms with Crippen LogP contribution >= 0.6 is 0 Å². The predicted molar refractivity (Wildman–Crippen MR) is 74.1 cm³/mol. The Morgan fingerprint density at radius 3 is 2.50 bits per heavy atom. The first kappa shape index (κ1) is 15.2. The fraction of sp³-hybridized carbons (Fsp3) is 0.923. The van der Waals surface area contributed by atoms with Gasteiger partial charge in [0.05, 0.1) is 6.10 Å². The second kappa shape index (κ2) is 10.1. The lowest BCUT2D eigenvalue weighted by Crippen LogP contribution is -2.37. The summed E-state index contributed by atoms with van der Waals surface area (Å²) in [4.78, 5) is 4.48. The summed E-state index contributed by atoms with van der Waals surface area (Å²) < 4.78 is 11.1. The maximum absolute atomic E-state index is 5.79. The van der Waals surface area contributed by atoms with Crippen LogP contribution in [-0.4, -0.2) is 51.5 Å². The van der Waals surface area contributed by atoms with Crippen LogP contribution in [0.15, 0.2) is 4.99 Å². The Morgan fingerprint density at radius 2 is 1.89 bits per heavy atom. The minimum Gasteiger partial charge on any atom is -0.381 e. The van der Waals surface area contributed by atoms with E-state index in [1.165, 1.54) is 0 Å². The molecule has 1 aliphatic heterocycles. The molecule has 1 heterocycles. The first-order valence-corrected chi connectivity index (χ1v) is 7.08. The van der Waals surface area contributed by atoms with E-state index in [0.29, 0.717) is 6.10 Å². The Bertz CT molecular complexity index is 220. The number of rotatable bonds is 7. The molecule has 0 atom stereocenters. The van der Waals surface area contributed by atoms with Crippen LogP contribution in [0.4, 0.5) is 0 Å². The van der Waals surface area contributed by atoms with Gasteiger partial charge in [0.1, 0.15) is 0 Å². The quantitative estimate of drug-likeness (QED) is 0.408. The highest BCUT2D eigenvalue weighted by Crippen LogP contribution is 2.10. The van der Waals surface area contributed by atoms with Crippen molar-refractivity contribution < 1.29 is 9.47 Å². The molecule has 0 amide bonds. The summed E-state index contributed by atoms with van der Waals surface area (Å²) in [6, 6.07) is 0. The molecular formula is C13H27N3O2. The van der Waals surface area contributed by atoms with Crippen LogP contribution in [0.2, 0.25) is 0 Å². The lowest BCUT2D eigenvalue weighted by atomic mass is 10.1. The van der Waals surface area contributed by atoms with Gasteiger partial charge in [-0.25, -0.2) is 0 Å². The molecule has 18 heavy (non-hydrogen) atoms. The molecular weight excluding hydrogens is 230 g/mol. The van der Waals surface area contributed by atoms with E-state index in [2.05, 4.69) is 29.5 Å². The fourth-order valence-electron chi connectivity index (χ4n) is 1.86. The predicted octanol–water partition coefficient (Wildman–Crippen LogP) is 1.15. The highest BCUT2D eigenvalue weighted by molar-refractivity contribution is 5.79. The number of hydrogen-bond acceptors (Lipinski definition) is 3. The van der Waals surface area contributed by atoms with Crippen molar-refractivity contribution in [1.82, 2.24) is 10.6 Å². The molecule has 2 N–H and O–H groups in total. The monoisotopic (exact) mass is 257 g/mol. The number of nitrogens with zero attached hydrogens (tertiary/aromatic N) is 1. The molecule has 1 fully saturated rings. The van der Waals surface area contributed by atoms with Gasteiger partial charge in [0.25, 0.3) is 0 Å². The van der Waals surface area contributed by atoms with Crippen molar-refractivity contribution in [3.8, 4) is 0 Å². The molecule has 0 radical (unpaired) electrons. The molecule has 0 aromatic rings. The fourth-order valence-corrected chi connectivity index (χ4v) is 1.86. The molecule has 1 saturated heterocycles. The van der Waals surface area contributed by atoms with Crippen molar-refractivity contribution in [3.05, 3.63) is 0 Å². The minimum absolute atomic E-state index is 0.393. The van der Waals surface area contributed by atoms with Gasteiger partial charge >= 0.3 is 0 Å². The molecule has 0 aromatic carbocycles. The average molecular weight is 257 g/mol. The van der Waals surface area contributed by atoms with E-state index in [-0.39, 0.29) is 0 Å². The Hall–Kier alpha value is -0.810. The van der Waals surface area contributed by atoms with Crippen molar-refractivity contribution in [2.45, 2.75) is 39.2 Å². The number of nitrogens with one attached hydrogen (secondary N) is 2. The Morgan fingerprint density at radius 1 is 1.22 bits per heavy atom. The summed E-state index contributed by atoms with van der Waals surface area (Å²) in [5.74, 6) is 0.895. The molecule has 0 unspecified atom stereocenters. The zero-order chi connectivity index (χ0) is 13.1. The van der Waals surface area contributed by atoms with Gasteiger partial charge in [-0.1, -0.05) is 0 Å². The van der Waals surface area contributed by atoms with Crippen LogP contribution in [0.1, 0.15) is 33.1 Å². The lowest BCUT2D eigenvalue weighted by molar-refractivity contribution is -0.0318. The van der Waals surface area contributed by atoms with Gasteiger partial charge in [-0.05, 0) is 33.1 Å². The van der Waals surface area contributed by atoms with Gasteiger partial charge < -0.3 is 20.1 Å². The summed E-state index contributed by atoms with van der Waals surface area (Å²) >= 11 is 0. The summed E-state index contributed by atoms with van der Waals surface area (Å²) in [6.07, 6.45) is 3.43. The number of ether oxygens (including phenoxy) is 2. The molecule has 0 saturated carbocycles. The normalized spacial score (nSPS) is 16.3. The van der Waals surface area contributed by atoms with Crippen molar-refractivity contribution in [3.63, 3.8) is 0 Å². The molecule has 106 valence electrons. The zero-order valence-corrected chi connectivity index (χ0v) is 11.7. The van der Waals surface area contributed by atoms with Gasteiger partial charge in [-0.2, -0.15) is 0 Å². The van der Waals surface area contributed by atoms with E-state index in [1.54, 1.807) is 0 Å². The smallest absolute Gasteiger partial charge is 0.191 e. The van der Waals surface area contributed by atoms with Crippen LogP contribution in [0.3, 0.4) is 0 Å². The van der Waals surface area contributed by atoms with Gasteiger partial charge in [0, 0.05) is 39.5 Å². The Kier molecular flexibility index (Phi) is 8.59. The largest absolute Gasteiger partial charge is 0.381 e. The molecule has 5 heteroatoms. The molecule has 0 aromatic heterocycles. The molecule has 0 bridgehead atoms. The van der Waals surface area contributed by atoms with Gasteiger partial charge in [0.2, 0.25) is 0 Å². The molecule has 1 aliphatic rings. The van der Waals surface area contributed by atoms with Crippen LogP contribution in [0.25, 0.3) is 0 Å². The Balaban J connectivity index is 2.06. The van der Waals surface area contributed by atoms with Crippen molar-refractivity contribution in [2.24, 2.45) is 4.99 Å². The van der Waals surface area contributed by atoms with E-state index >= 15 is 0 Å². The highest BCUT2D eigenvalue weighted by Gasteiger charge is 2.13. The third-order valence-electron chi connectivity index (χ3n) is 2.78. The number of hydrogen-bond donors (Lipinski definition) is 2. The van der Waals surface area contributed by atoms with Gasteiger partial charge in [0.15, 0.2) is 5.96 Å². The SMILES string of the molecule is CCNC(=NCCCOC1CCOCC1)NCC. The first-order chi connectivity index (χ1) is 8.86. The zero-order valence-electron chi connectivity index (χ0n) is 11.7. The van der Waals surface area contributed by atoms with E-state index in [0.717, 1.165) is 64.7 Å². The second-order valence-corrected chi connectivity index (χ2v) is 4.33. The van der Waals surface area contributed by atoms with Crippen molar-refractivity contribution in [1.29, 1.82) is 0 Å². The molecule has 0 aliphatic carbocycles. The third-order valence-corrected chi connectivity index (χ3v) is 2.78. The number of aliphatic imine (C=N–C) groups is 1. The minimum atomic E-state index is 0.393. The molecule has 1 rings (SSSR count). The summed E-state index contributed by atoms with van der Waals surface area (Å²) in [6.45, 7) is 9.21. The standard InChI is InChI=1S/C13H27N3O2/c1-3-14-13(15-4-2)16-8-5-9-18-12-6-10-17-11-7-12/h12H,3-11H2,1-2H3,(H2,14,15,16). The Labute approximate surface area is 110 Å². The average Bonchev–Trinajstić information content (AvgIpc) is 2.40. The highest BCUT2D eigenvalue weighted by atomic mass is 16.5. The topological polar surface area (TPSA) is 54.9 Å². The van der Waals surface area contributed by atoms with Gasteiger partial charge in [-0.3, -0.25) is 4.99 Å². The summed E-state index contributed by atoms with van der Waals surface area (Å²) in [5.41, 5.74) is 0. The summed E-state index contributed by atoms with van der Waals surface area (Å²) in [5, 5.41) is 6.41.